The summed E-state index contributed by atoms with van der Waals surface area (Å²) >= 11 is 18.7. The maximum atomic E-state index is 10.7. The molecule has 1 N–H and O–H groups in total. The van der Waals surface area contributed by atoms with Crippen LogP contribution in [0.3, 0.4) is 0 Å². The first-order valence-electron chi connectivity index (χ1n) is 10.2. The Labute approximate surface area is 182 Å². The van der Waals surface area contributed by atoms with Gasteiger partial charge in [0.2, 0.25) is 0 Å². The van der Waals surface area contributed by atoms with Crippen molar-refractivity contribution in [2.24, 2.45) is 23.7 Å². The highest BCUT2D eigenvalue weighted by Gasteiger charge is 2.38. The minimum Gasteiger partial charge on any atom is -0.481 e. The SMILES string of the molecule is O=C(O)CCC/C=C\[C@@H]1[C@@H](CCCc2c(Cl)cc(Cl)cc2Cl)[C@@H]2C=C[C@H]1CC2. The molecule has 0 heterocycles. The minimum absolute atomic E-state index is 0.243. The summed E-state index contributed by atoms with van der Waals surface area (Å²) in [6.07, 6.45) is 16.7. The van der Waals surface area contributed by atoms with Crippen LogP contribution >= 0.6 is 34.8 Å². The van der Waals surface area contributed by atoms with Gasteiger partial charge in [0.1, 0.15) is 0 Å². The van der Waals surface area contributed by atoms with Crippen molar-refractivity contribution < 1.29 is 9.90 Å². The van der Waals surface area contributed by atoms with Crippen molar-refractivity contribution in [1.82, 2.24) is 0 Å². The smallest absolute Gasteiger partial charge is 0.303 e. The van der Waals surface area contributed by atoms with Crippen molar-refractivity contribution in [2.75, 3.05) is 0 Å². The number of carboxylic acids is 1. The molecule has 5 heteroatoms. The Kier molecular flexibility index (Phi) is 7.91. The van der Waals surface area contributed by atoms with Crippen LogP contribution in [0.4, 0.5) is 0 Å². The first-order chi connectivity index (χ1) is 13.5. The van der Waals surface area contributed by atoms with Crippen LogP contribution in [0, 0.1) is 23.7 Å². The van der Waals surface area contributed by atoms with Gasteiger partial charge in [-0.1, -0.05) is 59.1 Å². The lowest BCUT2D eigenvalue weighted by molar-refractivity contribution is -0.137. The van der Waals surface area contributed by atoms with Crippen molar-refractivity contribution in [3.63, 3.8) is 0 Å². The van der Waals surface area contributed by atoms with Crippen LogP contribution in [0.2, 0.25) is 15.1 Å². The van der Waals surface area contributed by atoms with Gasteiger partial charge < -0.3 is 5.11 Å². The van der Waals surface area contributed by atoms with E-state index in [0.717, 1.165) is 31.2 Å². The molecule has 1 fully saturated rings. The van der Waals surface area contributed by atoms with E-state index in [1.54, 1.807) is 12.1 Å². The van der Waals surface area contributed by atoms with Gasteiger partial charge in [0.15, 0.2) is 0 Å². The highest BCUT2D eigenvalue weighted by molar-refractivity contribution is 6.39. The zero-order chi connectivity index (χ0) is 20.1. The van der Waals surface area contributed by atoms with Gasteiger partial charge in [0.05, 0.1) is 0 Å². The van der Waals surface area contributed by atoms with Gasteiger partial charge in [0, 0.05) is 21.5 Å². The van der Waals surface area contributed by atoms with Gasteiger partial charge in [-0.15, -0.1) is 0 Å². The van der Waals surface area contributed by atoms with Crippen LogP contribution in [0.25, 0.3) is 0 Å². The molecule has 0 radical (unpaired) electrons. The zero-order valence-electron chi connectivity index (χ0n) is 15.9. The van der Waals surface area contributed by atoms with E-state index in [9.17, 15) is 4.79 Å². The first-order valence-corrected chi connectivity index (χ1v) is 11.3. The standard InChI is InChI=1S/C23H27Cl3O2/c24-17-13-21(25)20(22(26)14-17)7-4-6-19-16-11-9-15(10-12-16)18(19)5-2-1-3-8-23(27)28/h2,5,9,11,13-16,18-19H,1,3-4,6-8,10,12H2,(H,27,28)/b5-2-/t15-,16+,18-,19-/m0/s1. The molecule has 0 aliphatic heterocycles. The Morgan fingerprint density at radius 2 is 1.75 bits per heavy atom. The van der Waals surface area contributed by atoms with Crippen LogP contribution in [0.15, 0.2) is 36.4 Å². The molecule has 2 nitrogen and oxygen atoms in total. The van der Waals surface area contributed by atoms with E-state index in [2.05, 4.69) is 24.3 Å². The molecule has 0 spiro atoms. The lowest BCUT2D eigenvalue weighted by atomic mass is 9.61. The topological polar surface area (TPSA) is 37.3 Å². The van der Waals surface area contributed by atoms with E-state index in [1.165, 1.54) is 12.8 Å². The van der Waals surface area contributed by atoms with Crippen LogP contribution < -0.4 is 0 Å². The van der Waals surface area contributed by atoms with Crippen LogP contribution in [0.5, 0.6) is 0 Å². The maximum absolute atomic E-state index is 10.7. The molecule has 2 bridgehead atoms. The van der Waals surface area contributed by atoms with E-state index in [1.807, 2.05) is 0 Å². The Morgan fingerprint density at radius 1 is 1.07 bits per heavy atom. The summed E-state index contributed by atoms with van der Waals surface area (Å²) in [5.41, 5.74) is 0.991. The third-order valence-electron chi connectivity index (χ3n) is 6.17. The fourth-order valence-electron chi connectivity index (χ4n) is 4.79. The van der Waals surface area contributed by atoms with Gasteiger partial charge in [-0.25, -0.2) is 0 Å². The first kappa shape index (κ1) is 21.7. The number of carboxylic acid groups (broad SMARTS) is 1. The van der Waals surface area contributed by atoms with E-state index in [4.69, 9.17) is 39.9 Å². The largest absolute Gasteiger partial charge is 0.481 e. The number of carbonyl (C=O) groups is 1. The number of hydrogen-bond acceptors (Lipinski definition) is 1. The van der Waals surface area contributed by atoms with Gasteiger partial charge in [-0.05, 0) is 86.3 Å². The summed E-state index contributed by atoms with van der Waals surface area (Å²) in [5.74, 6) is 1.75. The summed E-state index contributed by atoms with van der Waals surface area (Å²) < 4.78 is 0. The minimum atomic E-state index is -0.717. The third kappa shape index (κ3) is 5.55. The van der Waals surface area contributed by atoms with Crippen molar-refractivity contribution >= 4 is 40.8 Å². The lowest BCUT2D eigenvalue weighted by Gasteiger charge is -2.44. The molecule has 0 saturated heterocycles. The van der Waals surface area contributed by atoms with Crippen molar-refractivity contribution in [2.45, 2.75) is 51.4 Å². The van der Waals surface area contributed by atoms with Crippen LogP contribution in [-0.2, 0) is 11.2 Å². The van der Waals surface area contributed by atoms with Gasteiger partial charge in [0.25, 0.3) is 0 Å². The number of rotatable bonds is 9. The molecule has 0 amide bonds. The fourth-order valence-corrected chi connectivity index (χ4v) is 5.79. The van der Waals surface area contributed by atoms with Crippen molar-refractivity contribution in [3.8, 4) is 0 Å². The molecule has 1 aromatic rings. The second kappa shape index (κ2) is 10.2. The summed E-state index contributed by atoms with van der Waals surface area (Å²) in [4.78, 5) is 10.7. The monoisotopic (exact) mass is 440 g/mol. The molecule has 0 aromatic heterocycles. The Bertz CT molecular complexity index is 733. The van der Waals surface area contributed by atoms with Crippen molar-refractivity contribution in [3.05, 3.63) is 57.1 Å². The Morgan fingerprint density at radius 3 is 2.39 bits per heavy atom. The summed E-state index contributed by atoms with van der Waals surface area (Å²) in [6.45, 7) is 0. The molecule has 1 saturated carbocycles. The number of aliphatic carboxylic acids is 1. The summed E-state index contributed by atoms with van der Waals surface area (Å²) in [7, 11) is 0. The Balaban J connectivity index is 1.58. The van der Waals surface area contributed by atoms with E-state index in [0.29, 0.717) is 45.2 Å². The molecular weight excluding hydrogens is 415 g/mol. The molecule has 3 aliphatic rings. The molecule has 4 atom stereocenters. The molecule has 3 aliphatic carbocycles. The summed E-state index contributed by atoms with van der Waals surface area (Å²) in [5, 5.41) is 10.6. The predicted octanol–water partition coefficient (Wildman–Crippen LogP) is 7.61. The third-order valence-corrected chi connectivity index (χ3v) is 7.06. The highest BCUT2D eigenvalue weighted by Crippen LogP contribution is 2.47. The molecule has 1 aromatic carbocycles. The normalized spacial score (nSPS) is 26.2. The molecule has 4 rings (SSSR count). The van der Waals surface area contributed by atoms with Gasteiger partial charge in [-0.2, -0.15) is 0 Å². The number of hydrogen-bond donors (Lipinski definition) is 1. The number of benzene rings is 1. The molecule has 28 heavy (non-hydrogen) atoms. The predicted molar refractivity (Wildman–Crippen MR) is 117 cm³/mol. The van der Waals surface area contributed by atoms with Gasteiger partial charge >= 0.3 is 5.97 Å². The zero-order valence-corrected chi connectivity index (χ0v) is 18.2. The van der Waals surface area contributed by atoms with Crippen LogP contribution in [-0.4, -0.2) is 11.1 Å². The number of allylic oxidation sites excluding steroid dienone is 4. The second-order valence-electron chi connectivity index (χ2n) is 7.99. The lowest BCUT2D eigenvalue weighted by Crippen LogP contribution is -2.35. The molecule has 0 unspecified atom stereocenters. The quantitative estimate of drug-likeness (QED) is 0.316. The van der Waals surface area contributed by atoms with Crippen LogP contribution in [0.1, 0.15) is 50.5 Å². The number of unbranched alkanes of at least 4 members (excludes halogenated alkanes) is 1. The van der Waals surface area contributed by atoms with E-state index >= 15 is 0 Å². The fraction of sp³-hybridized carbons (Fsp3) is 0.522. The Hall–Kier alpha value is -0.960. The molecule has 152 valence electrons. The number of halogens is 3. The van der Waals surface area contributed by atoms with Crippen molar-refractivity contribution in [1.29, 1.82) is 0 Å². The average Bonchev–Trinajstić information content (AvgIpc) is 2.65. The summed E-state index contributed by atoms with van der Waals surface area (Å²) in [6, 6.07) is 3.52. The van der Waals surface area contributed by atoms with E-state index < -0.39 is 5.97 Å². The average molecular weight is 442 g/mol. The van der Waals surface area contributed by atoms with Gasteiger partial charge in [-0.3, -0.25) is 4.79 Å². The van der Waals surface area contributed by atoms with E-state index in [-0.39, 0.29) is 6.42 Å². The second-order valence-corrected chi connectivity index (χ2v) is 9.24. The highest BCUT2D eigenvalue weighted by atomic mass is 35.5. The molecular formula is C23H27Cl3O2. The maximum Gasteiger partial charge on any atom is 0.303 e. The number of fused-ring (bicyclic) bond motifs is 2.